The number of nitrogens with one attached hydrogen (secondary N) is 1. The molecule has 3 rings (SSSR count). The quantitative estimate of drug-likeness (QED) is 0.527. The Kier molecular flexibility index (Phi) is 5.13. The van der Waals surface area contributed by atoms with Gasteiger partial charge in [-0.2, -0.15) is 10.2 Å². The van der Waals surface area contributed by atoms with Crippen LogP contribution in [0.1, 0.15) is 5.56 Å². The summed E-state index contributed by atoms with van der Waals surface area (Å²) >= 11 is 0. The van der Waals surface area contributed by atoms with E-state index in [1.54, 1.807) is 18.2 Å². The second kappa shape index (κ2) is 7.36. The molecule has 0 bridgehead atoms. The van der Waals surface area contributed by atoms with E-state index in [0.29, 0.717) is 17.1 Å². The number of rotatable bonds is 6. The lowest BCUT2D eigenvalue weighted by molar-refractivity contribution is 0.0680. The van der Waals surface area contributed by atoms with Crippen molar-refractivity contribution in [2.24, 2.45) is 0 Å². The Hall–Kier alpha value is -2.94. The van der Waals surface area contributed by atoms with Crippen molar-refractivity contribution in [3.63, 3.8) is 0 Å². The summed E-state index contributed by atoms with van der Waals surface area (Å²) in [4.78, 5) is 8.18. The summed E-state index contributed by atoms with van der Waals surface area (Å²) in [7, 11) is -2.48. The first-order valence-corrected chi connectivity index (χ1v) is 9.59. The van der Waals surface area contributed by atoms with E-state index in [9.17, 15) is 18.8 Å². The van der Waals surface area contributed by atoms with Crippen molar-refractivity contribution in [3.05, 3.63) is 23.8 Å². The molecule has 1 unspecified atom stereocenters. The van der Waals surface area contributed by atoms with Crippen molar-refractivity contribution in [2.45, 2.75) is 11.3 Å². The number of nitrogens with zero attached hydrogens (tertiary/aromatic N) is 3. The number of methoxy groups -OCH3 is 1. The van der Waals surface area contributed by atoms with Gasteiger partial charge in [0, 0.05) is 18.9 Å². The van der Waals surface area contributed by atoms with Crippen molar-refractivity contribution in [3.8, 4) is 28.8 Å². The van der Waals surface area contributed by atoms with Gasteiger partial charge in [0.2, 0.25) is 12.7 Å². The standard InChI is InChI=1S/C16H16N4O6S/c1-24-13(7-21)18-16-19-14(10(6-17)15(20-16)27(2,22)23)9-3-4-11-12(5-9)26-8-25-11/h3-5,13,21H,7-8H2,1-2H3,(H,18,19,20). The first-order chi connectivity index (χ1) is 12.9. The van der Waals surface area contributed by atoms with E-state index >= 15 is 0 Å². The van der Waals surface area contributed by atoms with Crippen molar-refractivity contribution in [1.29, 1.82) is 5.26 Å². The summed E-state index contributed by atoms with van der Waals surface area (Å²) in [5.41, 5.74) is 0.352. The summed E-state index contributed by atoms with van der Waals surface area (Å²) in [6.45, 7) is -0.325. The van der Waals surface area contributed by atoms with E-state index in [2.05, 4.69) is 15.3 Å². The topological polar surface area (TPSA) is 144 Å². The minimum absolute atomic E-state index is 0.0705. The number of ether oxygens (including phenoxy) is 3. The summed E-state index contributed by atoms with van der Waals surface area (Å²) < 4.78 is 39.9. The van der Waals surface area contributed by atoms with Crippen LogP contribution in [0.4, 0.5) is 5.95 Å². The van der Waals surface area contributed by atoms with Gasteiger partial charge in [0.05, 0.1) is 12.3 Å². The molecule has 1 atom stereocenters. The van der Waals surface area contributed by atoms with Crippen molar-refractivity contribution in [1.82, 2.24) is 9.97 Å². The first-order valence-electron chi connectivity index (χ1n) is 7.69. The molecule has 11 heteroatoms. The molecule has 27 heavy (non-hydrogen) atoms. The third kappa shape index (κ3) is 3.77. The second-order valence-electron chi connectivity index (χ2n) is 5.58. The van der Waals surface area contributed by atoms with Crippen LogP contribution in [0.2, 0.25) is 0 Å². The van der Waals surface area contributed by atoms with Gasteiger partial charge in [-0.3, -0.25) is 0 Å². The SMILES string of the molecule is COC(CO)Nc1nc(-c2ccc3c(c2)OCO3)c(C#N)c(S(C)(=O)=O)n1. The maximum atomic E-state index is 12.2. The maximum Gasteiger partial charge on any atom is 0.231 e. The molecule has 2 aromatic rings. The van der Waals surface area contributed by atoms with Gasteiger partial charge in [-0.25, -0.2) is 13.4 Å². The lowest BCUT2D eigenvalue weighted by Crippen LogP contribution is -2.27. The zero-order valence-electron chi connectivity index (χ0n) is 14.5. The van der Waals surface area contributed by atoms with Crippen molar-refractivity contribution < 1.29 is 27.7 Å². The van der Waals surface area contributed by atoms with Gasteiger partial charge >= 0.3 is 0 Å². The van der Waals surface area contributed by atoms with Crippen molar-refractivity contribution >= 4 is 15.8 Å². The lowest BCUT2D eigenvalue weighted by atomic mass is 10.1. The van der Waals surface area contributed by atoms with Crippen LogP contribution in [0.5, 0.6) is 11.5 Å². The van der Waals surface area contributed by atoms with Gasteiger partial charge in [-0.1, -0.05) is 0 Å². The molecular weight excluding hydrogens is 376 g/mol. The predicted molar refractivity (Wildman–Crippen MR) is 92.9 cm³/mol. The molecule has 1 aromatic carbocycles. The Labute approximate surface area is 155 Å². The number of aliphatic hydroxyl groups excluding tert-OH is 1. The van der Waals surface area contributed by atoms with Crippen LogP contribution < -0.4 is 14.8 Å². The zero-order valence-corrected chi connectivity index (χ0v) is 15.3. The predicted octanol–water partition coefficient (Wildman–Crippen LogP) is 0.524. The molecule has 10 nitrogen and oxygen atoms in total. The van der Waals surface area contributed by atoms with Crippen LogP contribution in [0.15, 0.2) is 23.2 Å². The fourth-order valence-electron chi connectivity index (χ4n) is 2.45. The third-order valence-corrected chi connectivity index (χ3v) is 4.72. The fourth-order valence-corrected chi connectivity index (χ4v) is 3.22. The van der Waals surface area contributed by atoms with Crippen LogP contribution in [0, 0.1) is 11.3 Å². The molecule has 0 spiro atoms. The number of hydrogen-bond donors (Lipinski definition) is 2. The van der Waals surface area contributed by atoms with E-state index < -0.39 is 27.7 Å². The number of aliphatic hydroxyl groups is 1. The van der Waals surface area contributed by atoms with Gasteiger partial charge in [-0.15, -0.1) is 0 Å². The first kappa shape index (κ1) is 18.8. The normalized spacial score (nSPS) is 13.9. The molecule has 142 valence electrons. The van der Waals surface area contributed by atoms with Gasteiger partial charge in [-0.05, 0) is 18.2 Å². The largest absolute Gasteiger partial charge is 0.454 e. The highest BCUT2D eigenvalue weighted by Gasteiger charge is 2.25. The molecule has 0 fully saturated rings. The number of nitriles is 1. The summed E-state index contributed by atoms with van der Waals surface area (Å²) in [5.74, 6) is 0.881. The number of anilines is 1. The van der Waals surface area contributed by atoms with Gasteiger partial charge in [0.1, 0.15) is 11.6 Å². The van der Waals surface area contributed by atoms with E-state index in [0.717, 1.165) is 6.26 Å². The number of benzene rings is 1. The smallest absolute Gasteiger partial charge is 0.231 e. The minimum atomic E-state index is -3.83. The Bertz CT molecular complexity index is 1010. The second-order valence-corrected chi connectivity index (χ2v) is 7.51. The Morgan fingerprint density at radius 2 is 2.11 bits per heavy atom. The maximum absolute atomic E-state index is 12.2. The van der Waals surface area contributed by atoms with Crippen LogP contribution in [-0.4, -0.2) is 56.5 Å². The van der Waals surface area contributed by atoms with Crippen LogP contribution in [-0.2, 0) is 14.6 Å². The van der Waals surface area contributed by atoms with Crippen LogP contribution >= 0.6 is 0 Å². The number of fused-ring (bicyclic) bond motifs is 1. The van der Waals surface area contributed by atoms with Crippen LogP contribution in [0.3, 0.4) is 0 Å². The average molecular weight is 392 g/mol. The molecule has 0 radical (unpaired) electrons. The van der Waals surface area contributed by atoms with E-state index in [1.165, 1.54) is 7.11 Å². The van der Waals surface area contributed by atoms with Crippen LogP contribution in [0.25, 0.3) is 11.3 Å². The summed E-state index contributed by atoms with van der Waals surface area (Å²) in [5, 5.41) is 21.1. The third-order valence-electron chi connectivity index (χ3n) is 3.73. The summed E-state index contributed by atoms with van der Waals surface area (Å²) in [6.07, 6.45) is 0.0957. The molecule has 0 aliphatic carbocycles. The average Bonchev–Trinajstić information content (AvgIpc) is 3.12. The van der Waals surface area contributed by atoms with E-state index in [4.69, 9.17) is 14.2 Å². The minimum Gasteiger partial charge on any atom is -0.454 e. The monoisotopic (exact) mass is 392 g/mol. The highest BCUT2D eigenvalue weighted by atomic mass is 32.2. The lowest BCUT2D eigenvalue weighted by Gasteiger charge is -2.16. The highest BCUT2D eigenvalue weighted by molar-refractivity contribution is 7.90. The molecule has 2 N–H and O–H groups in total. The molecular formula is C16H16N4O6S. The molecule has 0 amide bonds. The highest BCUT2D eigenvalue weighted by Crippen LogP contribution is 2.37. The van der Waals surface area contributed by atoms with E-state index in [1.807, 2.05) is 6.07 Å². The van der Waals surface area contributed by atoms with Crippen molar-refractivity contribution in [2.75, 3.05) is 32.1 Å². The zero-order chi connectivity index (χ0) is 19.6. The van der Waals surface area contributed by atoms with Gasteiger partial charge in [0.15, 0.2) is 32.6 Å². The Morgan fingerprint density at radius 3 is 2.74 bits per heavy atom. The summed E-state index contributed by atoms with van der Waals surface area (Å²) in [6, 6.07) is 6.73. The molecule has 1 aliphatic rings. The Morgan fingerprint density at radius 1 is 1.37 bits per heavy atom. The Balaban J connectivity index is 2.20. The van der Waals surface area contributed by atoms with Gasteiger partial charge in [0.25, 0.3) is 0 Å². The molecule has 1 aromatic heterocycles. The molecule has 1 aliphatic heterocycles. The number of aromatic nitrogens is 2. The van der Waals surface area contributed by atoms with E-state index in [-0.39, 0.29) is 24.0 Å². The van der Waals surface area contributed by atoms with Gasteiger partial charge < -0.3 is 24.6 Å². The molecule has 2 heterocycles. The molecule has 0 saturated carbocycles. The fraction of sp³-hybridized carbons (Fsp3) is 0.312. The molecule has 0 saturated heterocycles. The number of hydrogen-bond acceptors (Lipinski definition) is 10. The number of sulfone groups is 1.